The van der Waals surface area contributed by atoms with Crippen molar-refractivity contribution in [3.63, 3.8) is 0 Å². The van der Waals surface area contributed by atoms with Gasteiger partial charge in [0.25, 0.3) is 0 Å². The van der Waals surface area contributed by atoms with E-state index in [4.69, 9.17) is 44.9 Å². The standard InChI is InChI=1S/C24H22Cl2N4O2S/c1-2-31-22-13-16(9-11-21(22)32-15-17-8-10-19(25)20(26)12-17)14-27-30-23(28-29-24(30)33)18-6-4-3-5-7-18/h3-13,27H,2,14-15H2,1H3,(H,29,33). The summed E-state index contributed by atoms with van der Waals surface area (Å²) in [4.78, 5) is 0. The Balaban J connectivity index is 1.48. The number of nitrogens with one attached hydrogen (secondary N) is 2. The second-order valence-corrected chi connectivity index (χ2v) is 8.34. The molecule has 3 aromatic carbocycles. The molecule has 2 N–H and O–H groups in total. The third-order valence-electron chi connectivity index (χ3n) is 4.83. The van der Waals surface area contributed by atoms with Gasteiger partial charge in [-0.2, -0.15) is 5.10 Å². The van der Waals surface area contributed by atoms with Gasteiger partial charge >= 0.3 is 0 Å². The number of ether oxygens (including phenoxy) is 2. The lowest BCUT2D eigenvalue weighted by molar-refractivity contribution is 0.269. The van der Waals surface area contributed by atoms with Crippen molar-refractivity contribution in [3.8, 4) is 22.9 Å². The summed E-state index contributed by atoms with van der Waals surface area (Å²) in [6.07, 6.45) is 0. The first kappa shape index (κ1) is 23.2. The predicted octanol–water partition coefficient (Wildman–Crippen LogP) is 6.64. The molecule has 0 spiro atoms. The van der Waals surface area contributed by atoms with Crippen LogP contribution in [-0.2, 0) is 13.2 Å². The number of H-pyrrole nitrogens is 1. The van der Waals surface area contributed by atoms with E-state index >= 15 is 0 Å². The van der Waals surface area contributed by atoms with Crippen LogP contribution in [0.25, 0.3) is 11.4 Å². The fourth-order valence-electron chi connectivity index (χ4n) is 3.24. The van der Waals surface area contributed by atoms with Crippen molar-refractivity contribution in [1.82, 2.24) is 14.9 Å². The molecule has 9 heteroatoms. The monoisotopic (exact) mass is 500 g/mol. The van der Waals surface area contributed by atoms with E-state index in [1.807, 2.05) is 61.5 Å². The van der Waals surface area contributed by atoms with Gasteiger partial charge in [-0.1, -0.05) is 65.7 Å². The van der Waals surface area contributed by atoms with E-state index in [0.717, 1.165) is 16.7 Å². The SMILES string of the molecule is CCOc1cc(CNn2c(-c3ccccc3)n[nH]c2=S)ccc1OCc1ccc(Cl)c(Cl)c1. The number of aromatic nitrogens is 3. The Kier molecular flexibility index (Phi) is 7.54. The van der Waals surface area contributed by atoms with Gasteiger partial charge in [-0.15, -0.1) is 0 Å². The lowest BCUT2D eigenvalue weighted by Crippen LogP contribution is -2.16. The lowest BCUT2D eigenvalue weighted by Gasteiger charge is -2.15. The predicted molar refractivity (Wildman–Crippen MR) is 134 cm³/mol. The molecule has 0 unspecified atom stereocenters. The number of benzene rings is 3. The third-order valence-corrected chi connectivity index (χ3v) is 5.84. The van der Waals surface area contributed by atoms with Crippen LogP contribution in [0.1, 0.15) is 18.1 Å². The minimum atomic E-state index is 0.346. The quantitative estimate of drug-likeness (QED) is 0.252. The van der Waals surface area contributed by atoms with Gasteiger partial charge in [0.05, 0.1) is 23.2 Å². The molecular formula is C24H22Cl2N4O2S. The van der Waals surface area contributed by atoms with Crippen molar-refractivity contribution < 1.29 is 9.47 Å². The maximum absolute atomic E-state index is 6.10. The van der Waals surface area contributed by atoms with E-state index in [-0.39, 0.29) is 0 Å². The lowest BCUT2D eigenvalue weighted by atomic mass is 10.2. The second kappa shape index (κ2) is 10.7. The molecule has 4 rings (SSSR count). The Morgan fingerprint density at radius 2 is 1.73 bits per heavy atom. The minimum Gasteiger partial charge on any atom is -0.490 e. The first-order valence-electron chi connectivity index (χ1n) is 10.3. The van der Waals surface area contributed by atoms with Gasteiger partial charge in [-0.25, -0.2) is 9.77 Å². The number of rotatable bonds is 9. The molecule has 4 aromatic rings. The van der Waals surface area contributed by atoms with Gasteiger partial charge in [0, 0.05) is 5.56 Å². The van der Waals surface area contributed by atoms with E-state index < -0.39 is 0 Å². The molecule has 0 saturated carbocycles. The highest BCUT2D eigenvalue weighted by atomic mass is 35.5. The van der Waals surface area contributed by atoms with Crippen molar-refractivity contribution >= 4 is 35.4 Å². The third kappa shape index (κ3) is 5.68. The van der Waals surface area contributed by atoms with Crippen molar-refractivity contribution in [3.05, 3.63) is 92.7 Å². The van der Waals surface area contributed by atoms with Crippen molar-refractivity contribution in [2.45, 2.75) is 20.1 Å². The first-order chi connectivity index (χ1) is 16.0. The van der Waals surface area contributed by atoms with Crippen LogP contribution in [0.15, 0.2) is 66.7 Å². The van der Waals surface area contributed by atoms with Crippen molar-refractivity contribution in [2.75, 3.05) is 12.0 Å². The molecule has 0 amide bonds. The molecule has 0 saturated heterocycles. The highest BCUT2D eigenvalue weighted by molar-refractivity contribution is 7.71. The van der Waals surface area contributed by atoms with Crippen molar-refractivity contribution in [1.29, 1.82) is 0 Å². The summed E-state index contributed by atoms with van der Waals surface area (Å²) in [5.74, 6) is 2.03. The molecule has 0 aliphatic carbocycles. The molecule has 170 valence electrons. The van der Waals surface area contributed by atoms with Gasteiger partial charge in [-0.3, -0.25) is 0 Å². The average Bonchev–Trinajstić information content (AvgIpc) is 3.20. The zero-order chi connectivity index (χ0) is 23.2. The fourth-order valence-corrected chi connectivity index (χ4v) is 3.75. The summed E-state index contributed by atoms with van der Waals surface area (Å²) in [7, 11) is 0. The highest BCUT2D eigenvalue weighted by Crippen LogP contribution is 2.30. The van der Waals surface area contributed by atoms with Gasteiger partial charge in [0.2, 0.25) is 4.77 Å². The van der Waals surface area contributed by atoms with Crippen LogP contribution in [0.4, 0.5) is 0 Å². The van der Waals surface area contributed by atoms with Crippen molar-refractivity contribution in [2.24, 2.45) is 0 Å². The van der Waals surface area contributed by atoms with Gasteiger partial charge in [-0.05, 0) is 54.5 Å². The van der Waals surface area contributed by atoms with E-state index in [1.54, 1.807) is 16.8 Å². The molecular weight excluding hydrogens is 479 g/mol. The largest absolute Gasteiger partial charge is 0.490 e. The normalized spacial score (nSPS) is 10.8. The molecule has 33 heavy (non-hydrogen) atoms. The number of hydrogen-bond donors (Lipinski definition) is 2. The zero-order valence-corrected chi connectivity index (χ0v) is 20.2. The van der Waals surface area contributed by atoms with Crippen LogP contribution >= 0.6 is 35.4 Å². The first-order valence-corrected chi connectivity index (χ1v) is 11.5. The van der Waals surface area contributed by atoms with Crippen LogP contribution in [-0.4, -0.2) is 21.5 Å². The molecule has 1 aromatic heterocycles. The van der Waals surface area contributed by atoms with Crippen LogP contribution < -0.4 is 14.9 Å². The Bertz CT molecular complexity index is 1290. The van der Waals surface area contributed by atoms with E-state index in [0.29, 0.717) is 51.9 Å². The maximum atomic E-state index is 6.10. The maximum Gasteiger partial charge on any atom is 0.214 e. The number of hydrogen-bond acceptors (Lipinski definition) is 5. The Labute approximate surface area is 207 Å². The van der Waals surface area contributed by atoms with Crippen LogP contribution in [0.2, 0.25) is 10.0 Å². The molecule has 0 aliphatic heterocycles. The molecule has 0 aliphatic rings. The van der Waals surface area contributed by atoms with E-state index in [9.17, 15) is 0 Å². The summed E-state index contributed by atoms with van der Waals surface area (Å²) in [5.41, 5.74) is 6.21. The topological polar surface area (TPSA) is 64.1 Å². The second-order valence-electron chi connectivity index (χ2n) is 7.14. The van der Waals surface area contributed by atoms with Crippen LogP contribution in [0, 0.1) is 4.77 Å². The summed E-state index contributed by atoms with van der Waals surface area (Å²) in [5, 5.41) is 8.20. The smallest absolute Gasteiger partial charge is 0.214 e. The number of halogens is 2. The fraction of sp³-hybridized carbons (Fsp3) is 0.167. The highest BCUT2D eigenvalue weighted by Gasteiger charge is 2.11. The molecule has 0 radical (unpaired) electrons. The number of nitrogens with zero attached hydrogens (tertiary/aromatic N) is 2. The summed E-state index contributed by atoms with van der Waals surface area (Å²) in [6, 6.07) is 21.1. The molecule has 1 heterocycles. The Morgan fingerprint density at radius 1 is 0.939 bits per heavy atom. The molecule has 0 fully saturated rings. The molecule has 6 nitrogen and oxygen atoms in total. The number of aromatic amines is 1. The Morgan fingerprint density at radius 3 is 2.48 bits per heavy atom. The van der Waals surface area contributed by atoms with Gasteiger partial charge in [0.1, 0.15) is 6.61 Å². The summed E-state index contributed by atoms with van der Waals surface area (Å²) in [6.45, 7) is 3.32. The zero-order valence-electron chi connectivity index (χ0n) is 17.8. The molecule has 0 bridgehead atoms. The van der Waals surface area contributed by atoms with Gasteiger partial charge < -0.3 is 14.9 Å². The minimum absolute atomic E-state index is 0.346. The van der Waals surface area contributed by atoms with Crippen LogP contribution in [0.3, 0.4) is 0 Å². The summed E-state index contributed by atoms with van der Waals surface area (Å²) < 4.78 is 14.1. The summed E-state index contributed by atoms with van der Waals surface area (Å²) >= 11 is 17.5. The van der Waals surface area contributed by atoms with Crippen LogP contribution in [0.5, 0.6) is 11.5 Å². The van der Waals surface area contributed by atoms with E-state index in [1.165, 1.54) is 0 Å². The Hall–Kier alpha value is -3.00. The van der Waals surface area contributed by atoms with E-state index in [2.05, 4.69) is 15.6 Å². The molecule has 0 atom stereocenters. The average molecular weight is 501 g/mol. The van der Waals surface area contributed by atoms with Gasteiger partial charge in [0.15, 0.2) is 17.3 Å².